The minimum Gasteiger partial charge on any atom is -0.452 e. The number of hydrogen-bond acceptors (Lipinski definition) is 6. The molecule has 0 saturated carbocycles. The average molecular weight is 383 g/mol. The van der Waals surface area contributed by atoms with Crippen LogP contribution in [0.25, 0.3) is 0 Å². The maximum Gasteiger partial charge on any atom is 0.338 e. The predicted molar refractivity (Wildman–Crippen MR) is 105 cm³/mol. The van der Waals surface area contributed by atoms with Crippen LogP contribution in [0.4, 0.5) is 17.1 Å². The Bertz CT molecular complexity index is 860. The number of rotatable bonds is 6. The molecule has 1 aliphatic rings. The van der Waals surface area contributed by atoms with Gasteiger partial charge in [0.2, 0.25) is 0 Å². The van der Waals surface area contributed by atoms with Gasteiger partial charge in [0.1, 0.15) is 0 Å². The van der Waals surface area contributed by atoms with Crippen molar-refractivity contribution in [1.29, 1.82) is 0 Å². The molecule has 0 aliphatic carbocycles. The Morgan fingerprint density at radius 1 is 1.07 bits per heavy atom. The van der Waals surface area contributed by atoms with Crippen molar-refractivity contribution in [2.24, 2.45) is 0 Å². The van der Waals surface area contributed by atoms with Crippen LogP contribution < -0.4 is 10.2 Å². The van der Waals surface area contributed by atoms with Crippen LogP contribution in [0.1, 0.15) is 29.6 Å². The Hall–Kier alpha value is -3.42. The summed E-state index contributed by atoms with van der Waals surface area (Å²) < 4.78 is 4.93. The van der Waals surface area contributed by atoms with Crippen LogP contribution in [0.3, 0.4) is 0 Å². The van der Waals surface area contributed by atoms with Gasteiger partial charge in [-0.2, -0.15) is 0 Å². The van der Waals surface area contributed by atoms with E-state index in [0.717, 1.165) is 24.8 Å². The number of nitro benzene ring substituents is 1. The minimum absolute atomic E-state index is 0.0212. The van der Waals surface area contributed by atoms with Crippen LogP contribution in [-0.2, 0) is 9.53 Å². The number of nitro groups is 1. The Morgan fingerprint density at radius 3 is 2.46 bits per heavy atom. The van der Waals surface area contributed by atoms with Gasteiger partial charge < -0.3 is 15.0 Å². The van der Waals surface area contributed by atoms with Gasteiger partial charge in [0.15, 0.2) is 6.61 Å². The van der Waals surface area contributed by atoms with Crippen molar-refractivity contribution in [2.75, 3.05) is 29.9 Å². The number of nitrogens with zero attached hydrogens (tertiary/aromatic N) is 2. The molecule has 28 heavy (non-hydrogen) atoms. The number of esters is 1. The van der Waals surface area contributed by atoms with Gasteiger partial charge in [-0.05, 0) is 49.6 Å². The molecule has 1 aliphatic heterocycles. The number of carbonyl (C=O) groups is 2. The summed E-state index contributed by atoms with van der Waals surface area (Å²) in [7, 11) is 0. The van der Waals surface area contributed by atoms with Crippen molar-refractivity contribution < 1.29 is 19.2 Å². The fourth-order valence-corrected chi connectivity index (χ4v) is 3.07. The normalized spacial score (nSPS) is 13.6. The molecule has 0 unspecified atom stereocenters. The third-order valence-electron chi connectivity index (χ3n) is 4.50. The van der Waals surface area contributed by atoms with E-state index in [9.17, 15) is 19.7 Å². The zero-order valence-corrected chi connectivity index (χ0v) is 15.3. The van der Waals surface area contributed by atoms with E-state index in [4.69, 9.17) is 4.74 Å². The average Bonchev–Trinajstić information content (AvgIpc) is 2.73. The maximum atomic E-state index is 12.0. The number of hydrogen-bond donors (Lipinski definition) is 1. The van der Waals surface area contributed by atoms with Gasteiger partial charge >= 0.3 is 5.97 Å². The van der Waals surface area contributed by atoms with Crippen molar-refractivity contribution in [2.45, 2.75) is 19.3 Å². The first kappa shape index (κ1) is 19.3. The van der Waals surface area contributed by atoms with Crippen LogP contribution in [0.2, 0.25) is 0 Å². The second kappa shape index (κ2) is 8.98. The van der Waals surface area contributed by atoms with E-state index < -0.39 is 23.4 Å². The number of amides is 1. The van der Waals surface area contributed by atoms with Crippen molar-refractivity contribution in [3.05, 3.63) is 64.2 Å². The number of carbonyl (C=O) groups excluding carboxylic acids is 2. The highest BCUT2D eigenvalue weighted by Crippen LogP contribution is 2.21. The first-order valence-corrected chi connectivity index (χ1v) is 9.09. The van der Waals surface area contributed by atoms with E-state index in [0.29, 0.717) is 5.69 Å². The van der Waals surface area contributed by atoms with Crippen LogP contribution in [0.15, 0.2) is 48.5 Å². The lowest BCUT2D eigenvalue weighted by molar-refractivity contribution is -0.384. The third-order valence-corrected chi connectivity index (χ3v) is 4.50. The number of non-ortho nitro benzene ring substituents is 1. The highest BCUT2D eigenvalue weighted by atomic mass is 16.6. The number of piperidine rings is 1. The van der Waals surface area contributed by atoms with Gasteiger partial charge in [-0.1, -0.05) is 6.07 Å². The summed E-state index contributed by atoms with van der Waals surface area (Å²) in [5.74, 6) is -1.27. The molecular formula is C20H21N3O5. The van der Waals surface area contributed by atoms with E-state index in [1.165, 1.54) is 37.5 Å². The zero-order chi connectivity index (χ0) is 19.9. The molecular weight excluding hydrogens is 362 g/mol. The Morgan fingerprint density at radius 2 is 1.79 bits per heavy atom. The molecule has 2 aromatic carbocycles. The fraction of sp³-hybridized carbons (Fsp3) is 0.300. The predicted octanol–water partition coefficient (Wildman–Crippen LogP) is 3.38. The lowest BCUT2D eigenvalue weighted by atomic mass is 10.1. The first-order chi connectivity index (χ1) is 13.5. The van der Waals surface area contributed by atoms with E-state index in [1.807, 2.05) is 24.3 Å². The van der Waals surface area contributed by atoms with Crippen LogP contribution in [0.5, 0.6) is 0 Å². The minimum atomic E-state index is -0.792. The largest absolute Gasteiger partial charge is 0.452 e. The second-order valence-electron chi connectivity index (χ2n) is 6.53. The van der Waals surface area contributed by atoms with Crippen LogP contribution in [-0.4, -0.2) is 36.5 Å². The molecule has 1 amide bonds. The Balaban J connectivity index is 1.50. The zero-order valence-electron chi connectivity index (χ0n) is 15.3. The molecule has 0 aromatic heterocycles. The van der Waals surface area contributed by atoms with Gasteiger partial charge in [-0.25, -0.2) is 4.79 Å². The molecule has 8 heteroatoms. The van der Waals surface area contributed by atoms with Crippen LogP contribution >= 0.6 is 0 Å². The molecule has 1 N–H and O–H groups in total. The second-order valence-corrected chi connectivity index (χ2v) is 6.53. The lowest BCUT2D eigenvalue weighted by Crippen LogP contribution is -2.29. The van der Waals surface area contributed by atoms with Crippen molar-refractivity contribution >= 4 is 28.9 Å². The van der Waals surface area contributed by atoms with Gasteiger partial charge in [0.25, 0.3) is 11.6 Å². The summed E-state index contributed by atoms with van der Waals surface area (Å²) >= 11 is 0. The topological polar surface area (TPSA) is 102 Å². The molecule has 1 fully saturated rings. The molecule has 1 saturated heterocycles. The monoisotopic (exact) mass is 383 g/mol. The number of ether oxygens (including phenoxy) is 1. The van der Waals surface area contributed by atoms with E-state index in [2.05, 4.69) is 10.2 Å². The summed E-state index contributed by atoms with van der Waals surface area (Å²) in [6.45, 7) is 1.61. The molecule has 3 rings (SSSR count). The number of anilines is 2. The highest BCUT2D eigenvalue weighted by molar-refractivity contribution is 5.95. The van der Waals surface area contributed by atoms with Gasteiger partial charge in [0.05, 0.1) is 10.5 Å². The van der Waals surface area contributed by atoms with Gasteiger partial charge in [-0.15, -0.1) is 0 Å². The molecule has 0 bridgehead atoms. The molecule has 0 atom stereocenters. The fourth-order valence-electron chi connectivity index (χ4n) is 3.07. The standard InChI is InChI=1S/C20H21N3O5/c24-19(14-28-20(25)15-5-4-6-18(13-15)23(26)27)21-16-7-9-17(10-8-16)22-11-2-1-3-12-22/h4-10,13H,1-3,11-12,14H2,(H,21,24). The number of benzene rings is 2. The molecule has 2 aromatic rings. The molecule has 8 nitrogen and oxygen atoms in total. The molecule has 0 radical (unpaired) electrons. The summed E-state index contributed by atoms with van der Waals surface area (Å²) in [6.07, 6.45) is 3.64. The highest BCUT2D eigenvalue weighted by Gasteiger charge is 2.15. The van der Waals surface area contributed by atoms with Crippen molar-refractivity contribution in [3.8, 4) is 0 Å². The quantitative estimate of drug-likeness (QED) is 0.466. The summed E-state index contributed by atoms with van der Waals surface area (Å²) in [5.41, 5.74) is 1.53. The maximum absolute atomic E-state index is 12.0. The summed E-state index contributed by atoms with van der Waals surface area (Å²) in [4.78, 5) is 36.4. The molecule has 146 valence electrons. The van der Waals surface area contributed by atoms with Gasteiger partial charge in [-0.3, -0.25) is 14.9 Å². The Kier molecular flexibility index (Phi) is 6.21. The van der Waals surface area contributed by atoms with Gasteiger partial charge in [0, 0.05) is 36.6 Å². The third kappa shape index (κ3) is 5.06. The first-order valence-electron chi connectivity index (χ1n) is 9.09. The van der Waals surface area contributed by atoms with Crippen molar-refractivity contribution in [1.82, 2.24) is 0 Å². The van der Waals surface area contributed by atoms with E-state index in [1.54, 1.807) is 0 Å². The SMILES string of the molecule is O=C(COC(=O)c1cccc([N+](=O)[O-])c1)Nc1ccc(N2CCCCC2)cc1. The Labute approximate surface area is 162 Å². The lowest BCUT2D eigenvalue weighted by Gasteiger charge is -2.28. The van der Waals surface area contributed by atoms with Crippen LogP contribution in [0, 0.1) is 10.1 Å². The molecule has 0 spiro atoms. The van der Waals surface area contributed by atoms with Crippen molar-refractivity contribution in [3.63, 3.8) is 0 Å². The summed E-state index contributed by atoms with van der Waals surface area (Å²) in [5, 5.41) is 13.4. The van der Waals surface area contributed by atoms with E-state index >= 15 is 0 Å². The molecule has 1 heterocycles. The number of nitrogens with one attached hydrogen (secondary N) is 1. The summed E-state index contributed by atoms with van der Waals surface area (Å²) in [6, 6.07) is 12.7. The smallest absolute Gasteiger partial charge is 0.338 e. The van der Waals surface area contributed by atoms with E-state index in [-0.39, 0.29) is 11.3 Å².